The van der Waals surface area contributed by atoms with E-state index in [-0.39, 0.29) is 5.56 Å². The summed E-state index contributed by atoms with van der Waals surface area (Å²) in [6.45, 7) is 0. The number of nitrogens with zero attached hydrogens (tertiary/aromatic N) is 5. The summed E-state index contributed by atoms with van der Waals surface area (Å²) in [4.78, 5) is 12.6. The van der Waals surface area contributed by atoms with Crippen LogP contribution in [0.1, 0.15) is 21.5 Å². The fraction of sp³-hybridized carbons (Fsp3) is 0.100. The first-order valence-corrected chi connectivity index (χ1v) is 8.66. The molecule has 0 aliphatic heterocycles. The smallest absolute Gasteiger partial charge is 0.322 e. The Morgan fingerprint density at radius 1 is 1.13 bits per heavy atom. The number of benzene rings is 2. The average Bonchev–Trinajstić information content (AvgIpc) is 3.32. The van der Waals surface area contributed by atoms with Gasteiger partial charge in [-0.2, -0.15) is 28.6 Å². The van der Waals surface area contributed by atoms with Crippen LogP contribution < -0.4 is 5.32 Å². The number of carbonyl (C=O) groups excluding carboxylic acids is 1. The van der Waals surface area contributed by atoms with Gasteiger partial charge in [0.2, 0.25) is 0 Å². The number of nitrogens with one attached hydrogen (secondary N) is 1. The van der Waals surface area contributed by atoms with Crippen molar-refractivity contribution >= 4 is 22.5 Å². The third-order valence-electron chi connectivity index (χ3n) is 4.46. The van der Waals surface area contributed by atoms with Gasteiger partial charge in [-0.15, -0.1) is 0 Å². The summed E-state index contributed by atoms with van der Waals surface area (Å²) in [6.07, 6.45) is 0.229. The molecule has 0 saturated carbocycles. The molecule has 0 atom stereocenters. The number of alkyl halides is 3. The van der Waals surface area contributed by atoms with Crippen molar-refractivity contribution in [3.05, 3.63) is 71.7 Å². The number of nitriles is 1. The van der Waals surface area contributed by atoms with Crippen molar-refractivity contribution in [2.75, 3.05) is 5.32 Å². The number of hydrogen-bond donors (Lipinski definition) is 1. The van der Waals surface area contributed by atoms with Crippen LogP contribution in [0.3, 0.4) is 0 Å². The molecule has 2 heterocycles. The molecule has 0 spiro atoms. The molecule has 1 amide bonds. The fourth-order valence-corrected chi connectivity index (χ4v) is 3.06. The number of amides is 1. The quantitative estimate of drug-likeness (QED) is 0.555. The summed E-state index contributed by atoms with van der Waals surface area (Å²) in [5.41, 5.74) is -0.265. The van der Waals surface area contributed by atoms with Gasteiger partial charge in [0.15, 0.2) is 0 Å². The van der Waals surface area contributed by atoms with Crippen LogP contribution in [0.5, 0.6) is 0 Å². The number of fused-ring (bicyclic) bond motifs is 1. The van der Waals surface area contributed by atoms with Crippen molar-refractivity contribution < 1.29 is 18.0 Å². The van der Waals surface area contributed by atoms with Gasteiger partial charge < -0.3 is 5.32 Å². The van der Waals surface area contributed by atoms with Crippen LogP contribution in [0, 0.1) is 11.3 Å². The van der Waals surface area contributed by atoms with Crippen molar-refractivity contribution in [2.24, 2.45) is 7.05 Å². The highest BCUT2D eigenvalue weighted by Crippen LogP contribution is 2.33. The zero-order valence-electron chi connectivity index (χ0n) is 15.5. The summed E-state index contributed by atoms with van der Waals surface area (Å²) in [6, 6.07) is 9.37. The molecule has 10 heteroatoms. The number of anilines is 1. The molecule has 1 N–H and O–H groups in total. The lowest BCUT2D eigenvalue weighted by atomic mass is 10.0. The molecular weight excluding hydrogens is 397 g/mol. The molecule has 2 aromatic heterocycles. The highest BCUT2D eigenvalue weighted by molar-refractivity contribution is 6.06. The number of rotatable bonds is 3. The molecule has 0 fully saturated rings. The van der Waals surface area contributed by atoms with Gasteiger partial charge in [0.25, 0.3) is 5.91 Å². The van der Waals surface area contributed by atoms with Crippen molar-refractivity contribution in [2.45, 2.75) is 6.18 Å². The Kier molecular flexibility index (Phi) is 4.50. The lowest BCUT2D eigenvalue weighted by molar-refractivity contribution is -0.137. The minimum Gasteiger partial charge on any atom is -0.322 e. The highest BCUT2D eigenvalue weighted by atomic mass is 19.4. The Labute approximate surface area is 168 Å². The molecule has 30 heavy (non-hydrogen) atoms. The lowest BCUT2D eigenvalue weighted by Crippen LogP contribution is -2.19. The number of halogens is 3. The van der Waals surface area contributed by atoms with E-state index in [1.54, 1.807) is 59.3 Å². The van der Waals surface area contributed by atoms with Gasteiger partial charge in [0, 0.05) is 18.1 Å². The number of carbonyl (C=O) groups is 1. The van der Waals surface area contributed by atoms with Gasteiger partial charge in [-0.25, -0.2) is 4.68 Å². The molecule has 4 aromatic rings. The third kappa shape index (κ3) is 3.48. The number of aryl methyl sites for hydroxylation is 1. The predicted octanol–water partition coefficient (Wildman–Crippen LogP) is 3.90. The predicted molar refractivity (Wildman–Crippen MR) is 102 cm³/mol. The van der Waals surface area contributed by atoms with Crippen LogP contribution >= 0.6 is 0 Å². The molecule has 0 bridgehead atoms. The topological polar surface area (TPSA) is 88.5 Å². The van der Waals surface area contributed by atoms with Gasteiger partial charge in [-0.3, -0.25) is 9.48 Å². The molecule has 150 valence electrons. The summed E-state index contributed by atoms with van der Waals surface area (Å²) in [5, 5.41) is 20.5. The zero-order valence-corrected chi connectivity index (χ0v) is 15.5. The Bertz CT molecular complexity index is 1310. The van der Waals surface area contributed by atoms with E-state index < -0.39 is 23.2 Å². The van der Waals surface area contributed by atoms with Crippen LogP contribution in [0.15, 0.2) is 55.0 Å². The average molecular weight is 410 g/mol. The second-order valence-corrected chi connectivity index (χ2v) is 6.53. The van der Waals surface area contributed by atoms with E-state index in [1.165, 1.54) is 6.07 Å². The van der Waals surface area contributed by atoms with Crippen LogP contribution in [-0.2, 0) is 13.2 Å². The minimum atomic E-state index is -4.78. The van der Waals surface area contributed by atoms with E-state index in [0.717, 1.165) is 11.5 Å². The SMILES string of the molecule is Cn1cc(-n2ncc3ccc(NC(=O)c4ccc(C#N)cc4C(F)(F)F)cc32)cn1. The summed E-state index contributed by atoms with van der Waals surface area (Å²) >= 11 is 0. The van der Waals surface area contributed by atoms with Crippen LogP contribution in [-0.4, -0.2) is 25.5 Å². The van der Waals surface area contributed by atoms with Crippen LogP contribution in [0.2, 0.25) is 0 Å². The van der Waals surface area contributed by atoms with Crippen molar-refractivity contribution in [3.63, 3.8) is 0 Å². The highest BCUT2D eigenvalue weighted by Gasteiger charge is 2.35. The Hall–Kier alpha value is -4.13. The monoisotopic (exact) mass is 410 g/mol. The first-order valence-electron chi connectivity index (χ1n) is 8.66. The van der Waals surface area contributed by atoms with Crippen molar-refractivity contribution in [1.29, 1.82) is 5.26 Å². The van der Waals surface area contributed by atoms with E-state index in [1.807, 2.05) is 0 Å². The van der Waals surface area contributed by atoms with Gasteiger partial charge in [0.1, 0.15) is 5.69 Å². The van der Waals surface area contributed by atoms with E-state index >= 15 is 0 Å². The van der Waals surface area contributed by atoms with E-state index in [2.05, 4.69) is 15.5 Å². The number of hydrogen-bond acceptors (Lipinski definition) is 4. The molecular formula is C20H13F3N6O. The Morgan fingerprint density at radius 3 is 2.60 bits per heavy atom. The summed E-state index contributed by atoms with van der Waals surface area (Å²) < 4.78 is 43.3. The lowest BCUT2D eigenvalue weighted by Gasteiger charge is -2.13. The van der Waals surface area contributed by atoms with Gasteiger partial charge in [-0.05, 0) is 36.4 Å². The number of aromatic nitrogens is 4. The van der Waals surface area contributed by atoms with Crippen molar-refractivity contribution in [1.82, 2.24) is 19.6 Å². The summed E-state index contributed by atoms with van der Waals surface area (Å²) in [5.74, 6) is -0.932. The largest absolute Gasteiger partial charge is 0.417 e. The maximum Gasteiger partial charge on any atom is 0.417 e. The molecule has 4 rings (SSSR count). The molecule has 0 aliphatic carbocycles. The third-order valence-corrected chi connectivity index (χ3v) is 4.46. The Balaban J connectivity index is 1.70. The van der Waals surface area contributed by atoms with E-state index in [9.17, 15) is 18.0 Å². The molecule has 0 saturated heterocycles. The zero-order chi connectivity index (χ0) is 21.5. The first-order chi connectivity index (χ1) is 14.3. The molecule has 7 nitrogen and oxygen atoms in total. The van der Waals surface area contributed by atoms with Gasteiger partial charge >= 0.3 is 6.18 Å². The van der Waals surface area contributed by atoms with E-state index in [4.69, 9.17) is 5.26 Å². The van der Waals surface area contributed by atoms with Gasteiger partial charge in [-0.1, -0.05) is 0 Å². The molecule has 0 radical (unpaired) electrons. The van der Waals surface area contributed by atoms with E-state index in [0.29, 0.717) is 23.0 Å². The maximum absolute atomic E-state index is 13.4. The fourth-order valence-electron chi connectivity index (χ4n) is 3.06. The Morgan fingerprint density at radius 2 is 1.93 bits per heavy atom. The standard InChI is InChI=1S/C20H13F3N6O/c1-28-11-15(10-25-28)29-18-7-14(4-3-13(18)9-26-29)27-19(30)16-5-2-12(8-24)6-17(16)20(21,22)23/h2-7,9-11H,1H3,(H,27,30). The second-order valence-electron chi connectivity index (χ2n) is 6.53. The minimum absolute atomic E-state index is 0.180. The van der Waals surface area contributed by atoms with Crippen molar-refractivity contribution in [3.8, 4) is 11.8 Å². The van der Waals surface area contributed by atoms with Gasteiger partial charge in [0.05, 0.1) is 46.9 Å². The molecule has 0 aliphatic rings. The molecule has 2 aromatic carbocycles. The first kappa shape index (κ1) is 19.2. The van der Waals surface area contributed by atoms with Crippen LogP contribution in [0.25, 0.3) is 16.6 Å². The normalized spacial score (nSPS) is 11.4. The maximum atomic E-state index is 13.4. The van der Waals surface area contributed by atoms with Crippen LogP contribution in [0.4, 0.5) is 18.9 Å². The summed E-state index contributed by atoms with van der Waals surface area (Å²) in [7, 11) is 1.76. The molecule has 0 unspecified atom stereocenters. The second kappa shape index (κ2) is 7.04.